The van der Waals surface area contributed by atoms with Crippen LogP contribution in [-0.4, -0.2) is 30.3 Å². The third-order valence-electron chi connectivity index (χ3n) is 3.07. The van der Waals surface area contributed by atoms with Crippen LogP contribution in [0.15, 0.2) is 30.3 Å². The molecule has 1 aromatic heterocycles. The summed E-state index contributed by atoms with van der Waals surface area (Å²) >= 11 is 0. The molecule has 1 aromatic carbocycles. The fraction of sp³-hybridized carbons (Fsp3) is 0.118. The zero-order valence-corrected chi connectivity index (χ0v) is 12.6. The molecule has 0 spiro atoms. The number of hydrogen-bond acceptors (Lipinski definition) is 5. The Hall–Kier alpha value is -3.33. The Morgan fingerprint density at radius 3 is 2.35 bits per heavy atom. The van der Waals surface area contributed by atoms with Gasteiger partial charge in [-0.3, -0.25) is 0 Å². The van der Waals surface area contributed by atoms with Gasteiger partial charge in [-0.25, -0.2) is 9.78 Å². The van der Waals surface area contributed by atoms with Gasteiger partial charge < -0.3 is 14.6 Å². The number of carboxylic acids is 1. The van der Waals surface area contributed by atoms with Gasteiger partial charge in [-0.05, 0) is 35.9 Å². The highest BCUT2D eigenvalue weighted by Gasteiger charge is 2.08. The molecule has 0 amide bonds. The summed E-state index contributed by atoms with van der Waals surface area (Å²) in [7, 11) is 3.10. The van der Waals surface area contributed by atoms with E-state index in [9.17, 15) is 4.79 Å². The molecule has 0 unspecified atom stereocenters. The van der Waals surface area contributed by atoms with Crippen molar-refractivity contribution in [3.63, 3.8) is 0 Å². The van der Waals surface area contributed by atoms with E-state index in [1.54, 1.807) is 44.6 Å². The van der Waals surface area contributed by atoms with Crippen molar-refractivity contribution in [2.24, 2.45) is 0 Å². The number of hydrogen-bond donors (Lipinski definition) is 1. The number of ether oxygens (including phenoxy) is 2. The van der Waals surface area contributed by atoms with Crippen molar-refractivity contribution in [3.05, 3.63) is 52.8 Å². The Morgan fingerprint density at radius 2 is 1.83 bits per heavy atom. The second-order valence-electron chi connectivity index (χ2n) is 4.53. The first kappa shape index (κ1) is 16.0. The summed E-state index contributed by atoms with van der Waals surface area (Å²) in [4.78, 5) is 15.0. The highest BCUT2D eigenvalue weighted by Crippen LogP contribution is 2.24. The normalized spacial score (nSPS) is 10.3. The van der Waals surface area contributed by atoms with Crippen LogP contribution < -0.4 is 9.47 Å². The maximum Gasteiger partial charge on any atom is 0.354 e. The van der Waals surface area contributed by atoms with Crippen LogP contribution in [0.1, 0.15) is 27.3 Å². The number of carboxylic acid groups (broad SMARTS) is 1. The van der Waals surface area contributed by atoms with Crippen molar-refractivity contribution in [3.8, 4) is 17.6 Å². The minimum Gasteiger partial charge on any atom is -0.497 e. The van der Waals surface area contributed by atoms with E-state index in [1.807, 2.05) is 6.07 Å². The number of aromatic nitrogens is 1. The first-order valence-corrected chi connectivity index (χ1v) is 6.63. The standard InChI is InChI=1S/C17H14N2O4/c1-22-13-7-11(8-14(9-13)23-2)3-5-15-12(10-18)4-6-16(19-15)17(20)21/h3-9H,1-2H3,(H,20,21)/b5-3+. The maximum atomic E-state index is 11.0. The van der Waals surface area contributed by atoms with Gasteiger partial charge in [0.05, 0.1) is 25.5 Å². The molecule has 116 valence electrons. The first-order chi connectivity index (χ1) is 11.1. The van der Waals surface area contributed by atoms with E-state index in [1.165, 1.54) is 12.1 Å². The van der Waals surface area contributed by atoms with Gasteiger partial charge in [-0.2, -0.15) is 5.26 Å². The van der Waals surface area contributed by atoms with Crippen LogP contribution in [-0.2, 0) is 0 Å². The molecule has 0 atom stereocenters. The van der Waals surface area contributed by atoms with Gasteiger partial charge in [0.1, 0.15) is 23.3 Å². The van der Waals surface area contributed by atoms with Crippen molar-refractivity contribution in [1.82, 2.24) is 4.98 Å². The predicted octanol–water partition coefficient (Wildman–Crippen LogP) is 2.84. The zero-order chi connectivity index (χ0) is 16.8. The topological polar surface area (TPSA) is 92.4 Å². The summed E-state index contributed by atoms with van der Waals surface area (Å²) in [6.45, 7) is 0. The lowest BCUT2D eigenvalue weighted by Crippen LogP contribution is -2.02. The molecule has 0 radical (unpaired) electrons. The van der Waals surface area contributed by atoms with Crippen LogP contribution >= 0.6 is 0 Å². The summed E-state index contributed by atoms with van der Waals surface area (Å²) in [5.74, 6) is 0.0979. The average Bonchev–Trinajstić information content (AvgIpc) is 2.59. The molecule has 0 fully saturated rings. The Balaban J connectivity index is 2.42. The number of carbonyl (C=O) groups is 1. The lowest BCUT2D eigenvalue weighted by Gasteiger charge is -2.06. The van der Waals surface area contributed by atoms with Gasteiger partial charge in [0.15, 0.2) is 0 Å². The van der Waals surface area contributed by atoms with Gasteiger partial charge in [0.2, 0.25) is 0 Å². The number of benzene rings is 1. The molecule has 2 aromatic rings. The highest BCUT2D eigenvalue weighted by molar-refractivity contribution is 5.86. The van der Waals surface area contributed by atoms with Gasteiger partial charge in [0.25, 0.3) is 0 Å². The number of nitriles is 1. The van der Waals surface area contributed by atoms with Gasteiger partial charge >= 0.3 is 5.97 Å². The maximum absolute atomic E-state index is 11.0. The van der Waals surface area contributed by atoms with Gasteiger partial charge in [0, 0.05) is 6.07 Å². The van der Waals surface area contributed by atoms with Crippen molar-refractivity contribution in [2.45, 2.75) is 0 Å². The minimum atomic E-state index is -1.15. The average molecular weight is 310 g/mol. The predicted molar refractivity (Wildman–Crippen MR) is 84.4 cm³/mol. The second kappa shape index (κ2) is 7.09. The third-order valence-corrected chi connectivity index (χ3v) is 3.07. The summed E-state index contributed by atoms with van der Waals surface area (Å²) in [6, 6.07) is 10.0. The number of nitrogens with zero attached hydrogens (tertiary/aromatic N) is 2. The van der Waals surface area contributed by atoms with E-state index in [2.05, 4.69) is 4.98 Å². The van der Waals surface area contributed by atoms with E-state index in [4.69, 9.17) is 19.8 Å². The van der Waals surface area contributed by atoms with Crippen LogP contribution in [0.2, 0.25) is 0 Å². The van der Waals surface area contributed by atoms with Crippen LogP contribution in [0.5, 0.6) is 11.5 Å². The molecule has 6 heteroatoms. The highest BCUT2D eigenvalue weighted by atomic mass is 16.5. The number of rotatable bonds is 5. The summed E-state index contributed by atoms with van der Waals surface area (Å²) in [5.41, 5.74) is 1.23. The molecular weight excluding hydrogens is 296 g/mol. The molecule has 2 rings (SSSR count). The third kappa shape index (κ3) is 3.86. The number of pyridine rings is 1. The number of aromatic carboxylic acids is 1. The Labute approximate surface area is 133 Å². The quantitative estimate of drug-likeness (QED) is 0.913. The first-order valence-electron chi connectivity index (χ1n) is 6.63. The lowest BCUT2D eigenvalue weighted by atomic mass is 10.1. The van der Waals surface area contributed by atoms with Crippen LogP contribution in [0.3, 0.4) is 0 Å². The summed E-state index contributed by atoms with van der Waals surface area (Å²) in [6.07, 6.45) is 3.29. The van der Waals surface area contributed by atoms with E-state index in [0.717, 1.165) is 5.56 Å². The van der Waals surface area contributed by atoms with Crippen molar-refractivity contribution in [1.29, 1.82) is 5.26 Å². The minimum absolute atomic E-state index is 0.119. The monoisotopic (exact) mass is 310 g/mol. The Kier molecular flexibility index (Phi) is 4.95. The molecule has 0 aliphatic carbocycles. The van der Waals surface area contributed by atoms with E-state index >= 15 is 0 Å². The SMILES string of the molecule is COc1cc(/C=C/c2nc(C(=O)O)ccc2C#N)cc(OC)c1. The van der Waals surface area contributed by atoms with E-state index < -0.39 is 5.97 Å². The molecule has 1 heterocycles. The van der Waals surface area contributed by atoms with Crippen LogP contribution in [0.25, 0.3) is 12.2 Å². The zero-order valence-electron chi connectivity index (χ0n) is 12.6. The second-order valence-corrected chi connectivity index (χ2v) is 4.53. The van der Waals surface area contributed by atoms with Gasteiger partial charge in [-0.15, -0.1) is 0 Å². The fourth-order valence-corrected chi connectivity index (χ4v) is 1.92. The Morgan fingerprint density at radius 1 is 1.17 bits per heavy atom. The van der Waals surface area contributed by atoms with E-state index in [-0.39, 0.29) is 11.4 Å². The smallest absolute Gasteiger partial charge is 0.354 e. The lowest BCUT2D eigenvalue weighted by molar-refractivity contribution is 0.0690. The summed E-state index contributed by atoms with van der Waals surface area (Å²) < 4.78 is 10.4. The molecular formula is C17H14N2O4. The number of methoxy groups -OCH3 is 2. The van der Waals surface area contributed by atoms with Crippen molar-refractivity contribution < 1.29 is 19.4 Å². The molecule has 23 heavy (non-hydrogen) atoms. The van der Waals surface area contributed by atoms with Crippen LogP contribution in [0, 0.1) is 11.3 Å². The van der Waals surface area contributed by atoms with Gasteiger partial charge in [-0.1, -0.05) is 6.08 Å². The molecule has 0 saturated carbocycles. The molecule has 0 bridgehead atoms. The molecule has 6 nitrogen and oxygen atoms in total. The fourth-order valence-electron chi connectivity index (χ4n) is 1.92. The Bertz CT molecular complexity index is 784. The van der Waals surface area contributed by atoms with E-state index in [0.29, 0.717) is 17.1 Å². The van der Waals surface area contributed by atoms with Crippen molar-refractivity contribution in [2.75, 3.05) is 14.2 Å². The van der Waals surface area contributed by atoms with Crippen molar-refractivity contribution >= 4 is 18.1 Å². The molecule has 0 aliphatic heterocycles. The molecule has 0 saturated heterocycles. The molecule has 1 N–H and O–H groups in total. The largest absolute Gasteiger partial charge is 0.497 e. The van der Waals surface area contributed by atoms with Crippen LogP contribution in [0.4, 0.5) is 0 Å². The molecule has 0 aliphatic rings. The summed E-state index contributed by atoms with van der Waals surface area (Å²) in [5, 5.41) is 18.1.